The number of amides is 9. The molecule has 36 nitrogen and oxygen atoms in total. The van der Waals surface area contributed by atoms with Crippen LogP contribution in [-0.2, 0) is 81.0 Å². The van der Waals surface area contributed by atoms with Gasteiger partial charge >= 0.3 is 0 Å². The van der Waals surface area contributed by atoms with Gasteiger partial charge in [-0.3, -0.25) is 43.2 Å². The normalized spacial score (nSPS) is 27.6. The number of carbonyl (C=O) groups excluding carboxylic acids is 9. The van der Waals surface area contributed by atoms with Gasteiger partial charge in [0.05, 0.1) is 38.6 Å². The predicted octanol–water partition coefficient (Wildman–Crippen LogP) is -3.39. The number of unbranched alkanes of at least 4 members (excludes halogenated alkanes) is 16. The van der Waals surface area contributed by atoms with E-state index in [1.807, 2.05) is 0 Å². The molecule has 107 heavy (non-hydrogen) atoms. The van der Waals surface area contributed by atoms with E-state index in [1.165, 1.54) is 27.9 Å². The molecule has 0 aliphatic carbocycles. The van der Waals surface area contributed by atoms with Crippen LogP contribution in [0.1, 0.15) is 194 Å². The fourth-order valence-electron chi connectivity index (χ4n) is 13.0. The van der Waals surface area contributed by atoms with Gasteiger partial charge < -0.3 is 137 Å². The largest absolute Gasteiger partial charge is 0.394 e. The minimum Gasteiger partial charge on any atom is -0.394 e. The summed E-state index contributed by atoms with van der Waals surface area (Å²) in [5.74, 6) is -4.06. The Morgan fingerprint density at radius 2 is 0.710 bits per heavy atom. The van der Waals surface area contributed by atoms with Crippen LogP contribution in [0, 0.1) is 0 Å². The number of carbonyl (C=O) groups is 9. The minimum absolute atomic E-state index is 0.0713. The highest BCUT2D eigenvalue weighted by atomic mass is 16.7. The van der Waals surface area contributed by atoms with E-state index in [9.17, 15) is 94.2 Å². The van der Waals surface area contributed by atoms with Gasteiger partial charge in [-0.2, -0.15) is 0 Å². The number of aliphatic hydroxyl groups excluding tert-OH is 10. The second kappa shape index (κ2) is 53.4. The lowest BCUT2D eigenvalue weighted by Crippen LogP contribution is -2.64. The van der Waals surface area contributed by atoms with Crippen LogP contribution in [0.2, 0.25) is 0 Å². The van der Waals surface area contributed by atoms with E-state index in [0.717, 1.165) is 44.9 Å². The predicted molar refractivity (Wildman–Crippen MR) is 381 cm³/mol. The highest BCUT2D eigenvalue weighted by Crippen LogP contribution is 2.27. The van der Waals surface area contributed by atoms with Crippen molar-refractivity contribution < 1.29 is 132 Å². The summed E-state index contributed by atoms with van der Waals surface area (Å²) >= 11 is 0. The molecule has 4 rings (SSSR count). The maximum absolute atomic E-state index is 13.9. The molecule has 4 aliphatic rings. The first-order valence-electron chi connectivity index (χ1n) is 38.4. The highest BCUT2D eigenvalue weighted by Gasteiger charge is 2.48. The first kappa shape index (κ1) is 93.9. The third-order valence-electron chi connectivity index (χ3n) is 19.1. The first-order valence-corrected chi connectivity index (χ1v) is 38.4. The average Bonchev–Trinajstić information content (AvgIpc) is 1.57. The van der Waals surface area contributed by atoms with E-state index < -0.39 is 183 Å². The van der Waals surface area contributed by atoms with Gasteiger partial charge in [-0.05, 0) is 64.2 Å². The summed E-state index contributed by atoms with van der Waals surface area (Å²) in [5.41, 5.74) is 0. The molecule has 0 saturated carbocycles. The second-order valence-electron chi connectivity index (χ2n) is 28.1. The molecule has 4 heterocycles. The lowest BCUT2D eigenvalue weighted by molar-refractivity contribution is -0.270. The Hall–Kier alpha value is -5.49. The maximum atomic E-state index is 13.9. The Kier molecular flexibility index (Phi) is 46.9. The average molecular weight is 1540 g/mol. The molecular formula is C71H127N9O27. The maximum Gasteiger partial charge on any atom is 0.242 e. The van der Waals surface area contributed by atoms with Crippen molar-refractivity contribution in [2.75, 3.05) is 79.5 Å². The molecule has 36 heteroatoms. The van der Waals surface area contributed by atoms with Gasteiger partial charge in [-0.15, -0.1) is 0 Å². The fraction of sp³-hybridized carbons (Fsp3) is 0.873. The fourth-order valence-corrected chi connectivity index (χ4v) is 13.0. The van der Waals surface area contributed by atoms with Gasteiger partial charge in [0, 0.05) is 106 Å². The number of aliphatic hydroxyl groups is 10. The third kappa shape index (κ3) is 36.0. The molecule has 0 aromatic heterocycles. The van der Waals surface area contributed by atoms with Crippen molar-refractivity contribution in [1.82, 2.24) is 47.9 Å². The molecule has 20 atom stereocenters. The molecule has 15 unspecified atom stereocenters. The van der Waals surface area contributed by atoms with Crippen molar-refractivity contribution in [2.45, 2.75) is 316 Å². The van der Waals surface area contributed by atoms with Crippen LogP contribution < -0.4 is 47.9 Å². The van der Waals surface area contributed by atoms with Gasteiger partial charge in [-0.25, -0.2) is 0 Å². The molecule has 4 saturated heterocycles. The van der Waals surface area contributed by atoms with E-state index in [-0.39, 0.29) is 90.2 Å². The monoisotopic (exact) mass is 1540 g/mol. The molecule has 0 radical (unpaired) electrons. The zero-order chi connectivity index (χ0) is 78.6. The molecule has 19 N–H and O–H groups in total. The molecule has 0 aromatic carbocycles. The van der Waals surface area contributed by atoms with Gasteiger partial charge in [0.25, 0.3) is 0 Å². The van der Waals surface area contributed by atoms with E-state index in [2.05, 4.69) is 47.9 Å². The van der Waals surface area contributed by atoms with Gasteiger partial charge in [0.15, 0.2) is 18.9 Å². The second-order valence-corrected chi connectivity index (χ2v) is 28.1. The van der Waals surface area contributed by atoms with Crippen molar-refractivity contribution in [3.63, 3.8) is 0 Å². The zero-order valence-electron chi connectivity index (χ0n) is 62.8. The minimum atomic E-state index is -1.47. The third-order valence-corrected chi connectivity index (χ3v) is 19.1. The quantitative estimate of drug-likeness (QED) is 0.0264. The number of hydrogen-bond donors (Lipinski definition) is 19. The van der Waals surface area contributed by atoms with Crippen LogP contribution in [0.4, 0.5) is 0 Å². The Bertz CT molecular complexity index is 2590. The standard InChI is InChI=1S/C71H127N9O27/c1-43(84)76-58-64(95)61(92)50(39-81)105-69(58)101-34-22-14-11-19-31-72-55(89)29-27-47(67(98)73-32-20-12-15-23-35-102-70-59(77-44(2)85)65(96)62(93)51(40-82)106-70)80-57(91)30-28-48(68(99)74-33-21-13-16-24-36-103-71-60(78-45(3)86)66(97)63(94)52(41-83)107-71)79-56(90)26-18-10-8-6-5-7-9-17-25-54(88)75-38-46-37-49(87)53(104-46)42-100-4/h46-53,58-66,69-71,81-83,87,92-97H,5-42H2,1-4H3,(H,72,89)(H,73,98)(H,74,99)(H,75,88)(H,76,84)(H,77,85)(H,78,86)(H,79,90)(H,80,91)/t46-,47?,48?,49+,50+,51+,52?,53-,58?,59?,60?,61?,62?,63?,64?,65?,66?,69?,70?,71?/m0/s1. The van der Waals surface area contributed by atoms with Crippen molar-refractivity contribution in [3.05, 3.63) is 0 Å². The summed E-state index contributed by atoms with van der Waals surface area (Å²) in [4.78, 5) is 116. The van der Waals surface area contributed by atoms with Crippen LogP contribution in [0.3, 0.4) is 0 Å². The number of nitrogens with one attached hydrogen (secondary N) is 9. The Morgan fingerprint density at radius 3 is 1.08 bits per heavy atom. The number of ether oxygens (including phenoxy) is 8. The molecular weight excluding hydrogens is 1410 g/mol. The molecule has 0 bridgehead atoms. The Balaban J connectivity index is 1.30. The van der Waals surface area contributed by atoms with E-state index in [1.54, 1.807) is 0 Å². The summed E-state index contributed by atoms with van der Waals surface area (Å²) in [6, 6.07) is -5.60. The number of rotatable bonds is 55. The molecule has 618 valence electrons. The van der Waals surface area contributed by atoms with Crippen molar-refractivity contribution >= 4 is 53.2 Å². The lowest BCUT2D eigenvalue weighted by atomic mass is 9.97. The topological polar surface area (TPSA) is 538 Å². The Morgan fingerprint density at radius 1 is 0.383 bits per heavy atom. The van der Waals surface area contributed by atoms with Gasteiger partial charge in [0.2, 0.25) is 53.2 Å². The SMILES string of the molecule is COC[C@@H]1O[C@H](CNC(=O)CCCCCCCCCCC(=O)NC(CCC(=O)NC(CCC(=O)NCCCCCCOC2O[C@H](CO)C(O)C(O)C2NC(C)=O)C(=O)NCCCCCCOC2O[C@H](CO)C(O)C(O)C2NC(C)=O)C(=O)NCCCCCCOC2OC(CO)C(O)C(O)C2NC(C)=O)C[C@H]1O. The van der Waals surface area contributed by atoms with E-state index >= 15 is 0 Å². The highest BCUT2D eigenvalue weighted by molar-refractivity contribution is 5.90. The van der Waals surface area contributed by atoms with Crippen LogP contribution >= 0.6 is 0 Å². The molecule has 9 amide bonds. The summed E-state index contributed by atoms with van der Waals surface area (Å²) < 4.78 is 45.1. The summed E-state index contributed by atoms with van der Waals surface area (Å²) in [5, 5.41) is 126. The molecule has 4 fully saturated rings. The Labute approximate surface area is 627 Å². The first-order chi connectivity index (χ1) is 51.3. The smallest absolute Gasteiger partial charge is 0.242 e. The molecule has 4 aliphatic heterocycles. The summed E-state index contributed by atoms with van der Waals surface area (Å²) in [7, 11) is 1.54. The van der Waals surface area contributed by atoms with Crippen LogP contribution in [-0.4, -0.2) is 306 Å². The summed E-state index contributed by atoms with van der Waals surface area (Å²) in [6.45, 7) is 3.64. The van der Waals surface area contributed by atoms with Gasteiger partial charge in [-0.1, -0.05) is 77.0 Å². The zero-order valence-corrected chi connectivity index (χ0v) is 62.8. The molecule has 0 aromatic rings. The van der Waals surface area contributed by atoms with Crippen LogP contribution in [0.5, 0.6) is 0 Å². The number of hydrogen-bond acceptors (Lipinski definition) is 27. The van der Waals surface area contributed by atoms with Crippen molar-refractivity contribution in [2.24, 2.45) is 0 Å². The summed E-state index contributed by atoms with van der Waals surface area (Å²) in [6.07, 6.45) is -3.25. The lowest BCUT2D eigenvalue weighted by Gasteiger charge is -2.42. The van der Waals surface area contributed by atoms with E-state index in [4.69, 9.17) is 37.9 Å². The van der Waals surface area contributed by atoms with E-state index in [0.29, 0.717) is 103 Å². The van der Waals surface area contributed by atoms with Crippen molar-refractivity contribution in [3.8, 4) is 0 Å². The van der Waals surface area contributed by atoms with Crippen molar-refractivity contribution in [1.29, 1.82) is 0 Å². The van der Waals surface area contributed by atoms with Crippen LogP contribution in [0.15, 0.2) is 0 Å². The van der Waals surface area contributed by atoms with Crippen LogP contribution in [0.25, 0.3) is 0 Å². The molecule has 0 spiro atoms. The number of methoxy groups -OCH3 is 1. The van der Waals surface area contributed by atoms with Gasteiger partial charge in [0.1, 0.15) is 91.2 Å².